The van der Waals surface area contributed by atoms with Crippen LogP contribution in [-0.4, -0.2) is 16.6 Å². The summed E-state index contributed by atoms with van der Waals surface area (Å²) in [7, 11) is 0. The van der Waals surface area contributed by atoms with Crippen LogP contribution < -0.4 is 5.73 Å². The summed E-state index contributed by atoms with van der Waals surface area (Å²) in [5, 5.41) is 0. The van der Waals surface area contributed by atoms with Crippen molar-refractivity contribution in [2.75, 3.05) is 5.73 Å². The lowest BCUT2D eigenvalue weighted by Gasteiger charge is -2.05. The van der Waals surface area contributed by atoms with Gasteiger partial charge in [0, 0.05) is 43.3 Å². The third-order valence-corrected chi connectivity index (χ3v) is 3.96. The summed E-state index contributed by atoms with van der Waals surface area (Å²) < 4.78 is 0. The lowest BCUT2D eigenvalue weighted by atomic mass is 10.0. The molecule has 1 heterocycles. The Morgan fingerprint density at radius 3 is 2.17 bits per heavy atom. The fourth-order valence-electron chi connectivity index (χ4n) is 2.61. The summed E-state index contributed by atoms with van der Waals surface area (Å²) in [6, 6.07) is 13.1. The van der Waals surface area contributed by atoms with Crippen molar-refractivity contribution >= 4 is 17.3 Å². The van der Waals surface area contributed by atoms with E-state index in [0.29, 0.717) is 31.4 Å². The number of nitrogens with zero attached hydrogens (tertiary/aromatic N) is 1. The average Bonchev–Trinajstić information content (AvgIpc) is 2.57. The zero-order valence-electron chi connectivity index (χ0n) is 13.9. The molecule has 0 fully saturated rings. The van der Waals surface area contributed by atoms with Crippen LogP contribution in [0.3, 0.4) is 0 Å². The second-order valence-electron chi connectivity index (χ2n) is 6.01. The van der Waals surface area contributed by atoms with Crippen molar-refractivity contribution in [3.63, 3.8) is 0 Å². The number of nitrogens with two attached hydrogens (primary N) is 1. The molecule has 0 spiro atoms. The molecular weight excluding hydrogens is 300 g/mol. The van der Waals surface area contributed by atoms with E-state index < -0.39 is 0 Å². The number of pyridine rings is 1. The van der Waals surface area contributed by atoms with Gasteiger partial charge in [0.15, 0.2) is 0 Å². The third kappa shape index (κ3) is 6.32. The van der Waals surface area contributed by atoms with Crippen molar-refractivity contribution in [1.29, 1.82) is 0 Å². The molecule has 0 aliphatic rings. The quantitative estimate of drug-likeness (QED) is 0.536. The molecule has 4 nitrogen and oxygen atoms in total. The van der Waals surface area contributed by atoms with Gasteiger partial charge < -0.3 is 5.73 Å². The van der Waals surface area contributed by atoms with Gasteiger partial charge in [-0.1, -0.05) is 30.7 Å². The summed E-state index contributed by atoms with van der Waals surface area (Å²) in [6.07, 6.45) is 6.13. The second kappa shape index (κ2) is 9.60. The minimum Gasteiger partial charge on any atom is -0.398 e. The van der Waals surface area contributed by atoms with Crippen molar-refractivity contribution in [2.24, 2.45) is 0 Å². The molecule has 0 unspecified atom stereocenters. The first-order valence-electron chi connectivity index (χ1n) is 8.42. The molecule has 0 bridgehead atoms. The minimum absolute atomic E-state index is 0.202. The molecule has 0 aliphatic heterocycles. The number of Topliss-reactive ketones (excluding diaryl/α,β-unsaturated/α-hetero) is 2. The molecule has 0 radical (unpaired) electrons. The van der Waals surface area contributed by atoms with Crippen molar-refractivity contribution in [3.8, 4) is 0 Å². The van der Waals surface area contributed by atoms with E-state index in [1.165, 1.54) is 0 Å². The molecule has 0 saturated carbocycles. The minimum atomic E-state index is 0.202. The molecule has 2 aromatic rings. The van der Waals surface area contributed by atoms with Gasteiger partial charge in [0.25, 0.3) is 0 Å². The molecule has 0 saturated heterocycles. The molecule has 0 aliphatic carbocycles. The predicted octanol–water partition coefficient (Wildman–Crippen LogP) is 3.54. The number of ketones is 2. The van der Waals surface area contributed by atoms with E-state index in [1.807, 2.05) is 42.5 Å². The van der Waals surface area contributed by atoms with Crippen LogP contribution in [0.15, 0.2) is 48.7 Å². The van der Waals surface area contributed by atoms with Gasteiger partial charge in [-0.15, -0.1) is 0 Å². The Hall–Kier alpha value is -2.49. The van der Waals surface area contributed by atoms with Crippen LogP contribution in [0.25, 0.3) is 0 Å². The SMILES string of the molecule is Nc1ccccc1CC(=O)CCCCCC(=O)Cc1ccccn1. The van der Waals surface area contributed by atoms with E-state index in [0.717, 1.165) is 30.5 Å². The number of carbonyl (C=O) groups is 2. The summed E-state index contributed by atoms with van der Waals surface area (Å²) in [4.78, 5) is 28.0. The maximum Gasteiger partial charge on any atom is 0.138 e. The first kappa shape index (κ1) is 17.9. The van der Waals surface area contributed by atoms with E-state index in [2.05, 4.69) is 4.98 Å². The second-order valence-corrected chi connectivity index (χ2v) is 6.01. The van der Waals surface area contributed by atoms with E-state index in [1.54, 1.807) is 6.20 Å². The molecule has 1 aromatic heterocycles. The predicted molar refractivity (Wildman–Crippen MR) is 95.6 cm³/mol. The lowest BCUT2D eigenvalue weighted by Crippen LogP contribution is -2.06. The molecule has 126 valence electrons. The van der Waals surface area contributed by atoms with E-state index >= 15 is 0 Å². The van der Waals surface area contributed by atoms with Crippen LogP contribution >= 0.6 is 0 Å². The molecular formula is C20H24N2O2. The van der Waals surface area contributed by atoms with Crippen LogP contribution in [0.2, 0.25) is 0 Å². The lowest BCUT2D eigenvalue weighted by molar-refractivity contribution is -0.119. The van der Waals surface area contributed by atoms with Crippen molar-refractivity contribution in [1.82, 2.24) is 4.98 Å². The molecule has 0 atom stereocenters. The van der Waals surface area contributed by atoms with E-state index in [9.17, 15) is 9.59 Å². The monoisotopic (exact) mass is 324 g/mol. The van der Waals surface area contributed by atoms with E-state index in [-0.39, 0.29) is 11.6 Å². The number of aromatic nitrogens is 1. The maximum atomic E-state index is 12.0. The highest BCUT2D eigenvalue weighted by Gasteiger charge is 2.07. The summed E-state index contributed by atoms with van der Waals surface area (Å²) in [5.41, 5.74) is 8.23. The first-order chi connectivity index (χ1) is 11.6. The number of rotatable bonds is 10. The largest absolute Gasteiger partial charge is 0.398 e. The number of nitrogen functional groups attached to an aromatic ring is 1. The fraction of sp³-hybridized carbons (Fsp3) is 0.350. The third-order valence-electron chi connectivity index (χ3n) is 3.96. The smallest absolute Gasteiger partial charge is 0.138 e. The summed E-state index contributed by atoms with van der Waals surface area (Å²) in [5.74, 6) is 0.407. The Morgan fingerprint density at radius 1 is 0.833 bits per heavy atom. The number of unbranched alkanes of at least 4 members (excludes halogenated alkanes) is 2. The molecule has 24 heavy (non-hydrogen) atoms. The van der Waals surface area contributed by atoms with Crippen molar-refractivity contribution in [3.05, 3.63) is 59.9 Å². The number of anilines is 1. The highest BCUT2D eigenvalue weighted by atomic mass is 16.1. The number of benzene rings is 1. The molecule has 1 aromatic carbocycles. The van der Waals surface area contributed by atoms with Gasteiger partial charge in [0.2, 0.25) is 0 Å². The van der Waals surface area contributed by atoms with Crippen LogP contribution in [0, 0.1) is 0 Å². The molecule has 4 heteroatoms. The standard InChI is InChI=1S/C20H24N2O2/c21-20-12-5-4-8-16(20)14-18(23)10-2-1-3-11-19(24)15-17-9-6-7-13-22-17/h4-9,12-13H,1-3,10-11,14-15,21H2. The van der Waals surface area contributed by atoms with Gasteiger partial charge in [-0.2, -0.15) is 0 Å². The Balaban J connectivity index is 1.58. The zero-order chi connectivity index (χ0) is 17.2. The molecule has 2 rings (SSSR count). The van der Waals surface area contributed by atoms with Gasteiger partial charge in [0.1, 0.15) is 11.6 Å². The van der Waals surface area contributed by atoms with Gasteiger partial charge in [-0.25, -0.2) is 0 Å². The van der Waals surface area contributed by atoms with Crippen molar-refractivity contribution in [2.45, 2.75) is 44.9 Å². The van der Waals surface area contributed by atoms with Gasteiger partial charge >= 0.3 is 0 Å². The fourth-order valence-corrected chi connectivity index (χ4v) is 2.61. The average molecular weight is 324 g/mol. The zero-order valence-corrected chi connectivity index (χ0v) is 13.9. The molecule has 0 amide bonds. The van der Waals surface area contributed by atoms with Crippen LogP contribution in [0.4, 0.5) is 5.69 Å². The van der Waals surface area contributed by atoms with Gasteiger partial charge in [-0.3, -0.25) is 14.6 Å². The summed E-state index contributed by atoms with van der Waals surface area (Å²) >= 11 is 0. The number of para-hydroxylation sites is 1. The number of hydrogen-bond acceptors (Lipinski definition) is 4. The van der Waals surface area contributed by atoms with Crippen LogP contribution in [0.5, 0.6) is 0 Å². The molecule has 2 N–H and O–H groups in total. The van der Waals surface area contributed by atoms with Gasteiger partial charge in [0.05, 0.1) is 0 Å². The first-order valence-corrected chi connectivity index (χ1v) is 8.42. The Labute approximate surface area is 143 Å². The van der Waals surface area contributed by atoms with Crippen LogP contribution in [-0.2, 0) is 22.4 Å². The summed E-state index contributed by atoms with van der Waals surface area (Å²) in [6.45, 7) is 0. The topological polar surface area (TPSA) is 73.1 Å². The van der Waals surface area contributed by atoms with Crippen LogP contribution in [0.1, 0.15) is 43.4 Å². The highest BCUT2D eigenvalue weighted by Crippen LogP contribution is 2.13. The Bertz CT molecular complexity index is 668. The normalized spacial score (nSPS) is 10.5. The van der Waals surface area contributed by atoms with Gasteiger partial charge in [-0.05, 0) is 36.6 Å². The maximum absolute atomic E-state index is 12.0. The van der Waals surface area contributed by atoms with Crippen molar-refractivity contribution < 1.29 is 9.59 Å². The number of carbonyl (C=O) groups excluding carboxylic acids is 2. The number of hydrogen-bond donors (Lipinski definition) is 1. The Kier molecular flexibility index (Phi) is 7.15. The highest BCUT2D eigenvalue weighted by molar-refractivity contribution is 5.82. The van der Waals surface area contributed by atoms with E-state index in [4.69, 9.17) is 5.73 Å². The Morgan fingerprint density at radius 2 is 1.50 bits per heavy atom.